The molecule has 0 radical (unpaired) electrons. The summed E-state index contributed by atoms with van der Waals surface area (Å²) in [5.74, 6) is -0.106. The van der Waals surface area contributed by atoms with Gasteiger partial charge in [-0.1, -0.05) is 78.9 Å². The average Bonchev–Trinajstić information content (AvgIpc) is 3.08. The molecule has 0 bridgehead atoms. The fourth-order valence-corrected chi connectivity index (χ4v) is 4.40. The van der Waals surface area contributed by atoms with Crippen LogP contribution in [0.25, 0.3) is 0 Å². The monoisotopic (exact) mass is 383 g/mol. The Hall–Kier alpha value is -3.18. The molecule has 2 aliphatic heterocycles. The first kappa shape index (κ1) is 17.0. The Morgan fingerprint density at radius 3 is 2.21 bits per heavy atom. The second-order valence-corrected chi connectivity index (χ2v) is 7.43. The fourth-order valence-electron chi connectivity index (χ4n) is 3.78. The topological polar surface area (TPSA) is 45.0 Å². The number of nitrogens with zero attached hydrogens (tertiary/aromatic N) is 3. The number of rotatable bonds is 2. The summed E-state index contributed by atoms with van der Waals surface area (Å²) in [6, 6.07) is 27.3. The van der Waals surface area contributed by atoms with E-state index in [2.05, 4.69) is 0 Å². The maximum absolute atomic E-state index is 13.8. The number of thioether (sulfide) groups is 1. The maximum atomic E-state index is 13.8. The number of anilines is 1. The Bertz CT molecular complexity index is 1120. The first-order chi connectivity index (χ1) is 13.8. The minimum Gasteiger partial charge on any atom is -0.287 e. The molecule has 0 N–H and O–H groups in total. The van der Waals surface area contributed by atoms with Crippen LogP contribution in [0.15, 0.2) is 95.0 Å². The summed E-state index contributed by atoms with van der Waals surface area (Å²) in [6.45, 7) is 0. The largest absolute Gasteiger partial charge is 0.287 e. The smallest absolute Gasteiger partial charge is 0.243 e. The fraction of sp³-hybridized carbons (Fsp3) is 0.0870. The van der Waals surface area contributed by atoms with Gasteiger partial charge in [-0.25, -0.2) is 10.0 Å². The standard InChI is InChI=1S/C23H17N3OS/c1-28-22-18-14-8-9-15-19(18)26-23(24-22,17-12-6-3-7-13-17)21(27)20(25-26)16-10-4-2-5-11-16/h2-15H,1H3/t23-/m1/s1. The third kappa shape index (κ3) is 2.29. The molecular formula is C23H17N3OS. The first-order valence-electron chi connectivity index (χ1n) is 9.03. The number of Topliss-reactive ketones (excluding diaryl/α,β-unsaturated/α-hetero) is 1. The van der Waals surface area contributed by atoms with Crippen molar-refractivity contribution in [1.82, 2.24) is 0 Å². The number of hydrogen-bond donors (Lipinski definition) is 0. The number of carbonyl (C=O) groups excluding carboxylic acids is 1. The molecule has 0 fully saturated rings. The van der Waals surface area contributed by atoms with Gasteiger partial charge in [0.25, 0.3) is 0 Å². The molecule has 0 aromatic heterocycles. The lowest BCUT2D eigenvalue weighted by Crippen LogP contribution is -2.48. The second kappa shape index (κ2) is 6.46. The molecular weight excluding hydrogens is 366 g/mol. The van der Waals surface area contributed by atoms with Crippen molar-refractivity contribution in [3.8, 4) is 0 Å². The molecule has 0 saturated carbocycles. The Morgan fingerprint density at radius 1 is 0.857 bits per heavy atom. The van der Waals surface area contributed by atoms with Gasteiger partial charge >= 0.3 is 0 Å². The van der Waals surface area contributed by atoms with E-state index in [1.807, 2.05) is 91.2 Å². The van der Waals surface area contributed by atoms with Gasteiger partial charge in [-0.3, -0.25) is 4.79 Å². The van der Waals surface area contributed by atoms with Crippen molar-refractivity contribution in [3.05, 3.63) is 102 Å². The normalized spacial score (nSPS) is 20.3. The van der Waals surface area contributed by atoms with Crippen molar-refractivity contribution in [2.24, 2.45) is 10.1 Å². The molecule has 0 saturated heterocycles. The summed E-state index contributed by atoms with van der Waals surface area (Å²) in [6.07, 6.45) is 1.99. The van der Waals surface area contributed by atoms with Crippen LogP contribution in [0.4, 0.5) is 5.69 Å². The van der Waals surface area contributed by atoms with Crippen molar-refractivity contribution in [2.45, 2.75) is 5.66 Å². The molecule has 0 spiro atoms. The molecule has 28 heavy (non-hydrogen) atoms. The van der Waals surface area contributed by atoms with Gasteiger partial charge in [0.05, 0.1) is 5.69 Å². The van der Waals surface area contributed by atoms with Crippen LogP contribution >= 0.6 is 11.8 Å². The Labute approximate surface area is 167 Å². The number of carbonyl (C=O) groups is 1. The minimum atomic E-state index is -1.21. The van der Waals surface area contributed by atoms with E-state index in [0.29, 0.717) is 5.71 Å². The number of hydrazone groups is 1. The van der Waals surface area contributed by atoms with Crippen LogP contribution in [0.1, 0.15) is 16.7 Å². The molecule has 0 unspecified atom stereocenters. The van der Waals surface area contributed by atoms with E-state index < -0.39 is 5.66 Å². The zero-order valence-corrected chi connectivity index (χ0v) is 16.1. The van der Waals surface area contributed by atoms with Gasteiger partial charge in [0, 0.05) is 16.7 Å². The summed E-state index contributed by atoms with van der Waals surface area (Å²) in [4.78, 5) is 18.8. The van der Waals surface area contributed by atoms with Gasteiger partial charge in [-0.15, -0.1) is 11.8 Å². The number of fused-ring (bicyclic) bond motifs is 3. The number of ketones is 1. The number of benzene rings is 3. The highest BCUT2D eigenvalue weighted by molar-refractivity contribution is 8.13. The third-order valence-electron chi connectivity index (χ3n) is 5.08. The van der Waals surface area contributed by atoms with Gasteiger partial charge in [-0.2, -0.15) is 5.10 Å². The van der Waals surface area contributed by atoms with E-state index in [9.17, 15) is 4.79 Å². The molecule has 136 valence electrons. The molecule has 1 atom stereocenters. The molecule has 2 aliphatic rings. The lowest BCUT2D eigenvalue weighted by atomic mass is 9.89. The Balaban J connectivity index is 1.81. The van der Waals surface area contributed by atoms with Crippen LogP contribution in [-0.2, 0) is 10.5 Å². The summed E-state index contributed by atoms with van der Waals surface area (Å²) < 4.78 is 0. The van der Waals surface area contributed by atoms with E-state index in [0.717, 1.165) is 27.4 Å². The molecule has 0 aliphatic carbocycles. The van der Waals surface area contributed by atoms with Crippen molar-refractivity contribution in [2.75, 3.05) is 11.3 Å². The maximum Gasteiger partial charge on any atom is 0.243 e. The van der Waals surface area contributed by atoms with Gasteiger partial charge in [0.1, 0.15) is 10.8 Å². The van der Waals surface area contributed by atoms with Gasteiger partial charge in [-0.05, 0) is 12.3 Å². The van der Waals surface area contributed by atoms with Gasteiger partial charge < -0.3 is 0 Å². The van der Waals surface area contributed by atoms with Crippen LogP contribution in [0, 0.1) is 0 Å². The summed E-state index contributed by atoms with van der Waals surface area (Å²) >= 11 is 1.55. The van der Waals surface area contributed by atoms with Crippen LogP contribution < -0.4 is 5.01 Å². The van der Waals surface area contributed by atoms with Gasteiger partial charge in [0.15, 0.2) is 0 Å². The van der Waals surface area contributed by atoms with Crippen molar-refractivity contribution >= 4 is 34.0 Å². The van der Waals surface area contributed by atoms with Gasteiger partial charge in [0.2, 0.25) is 11.4 Å². The predicted octanol–water partition coefficient (Wildman–Crippen LogP) is 4.46. The highest BCUT2D eigenvalue weighted by Gasteiger charge is 2.55. The third-order valence-corrected chi connectivity index (χ3v) is 5.78. The average molecular weight is 383 g/mol. The number of para-hydroxylation sites is 1. The van der Waals surface area contributed by atoms with E-state index in [-0.39, 0.29) is 5.78 Å². The first-order valence-corrected chi connectivity index (χ1v) is 10.3. The van der Waals surface area contributed by atoms with Crippen molar-refractivity contribution in [1.29, 1.82) is 0 Å². The lowest BCUT2D eigenvalue weighted by molar-refractivity contribution is -0.117. The summed E-state index contributed by atoms with van der Waals surface area (Å²) in [5.41, 5.74) is 2.73. The van der Waals surface area contributed by atoms with E-state index >= 15 is 0 Å². The van der Waals surface area contributed by atoms with Crippen LogP contribution in [0.5, 0.6) is 0 Å². The minimum absolute atomic E-state index is 0.106. The second-order valence-electron chi connectivity index (χ2n) is 6.63. The van der Waals surface area contributed by atoms with Crippen LogP contribution in [0.2, 0.25) is 0 Å². The molecule has 0 amide bonds. The highest BCUT2D eigenvalue weighted by Crippen LogP contribution is 2.46. The Morgan fingerprint density at radius 2 is 1.50 bits per heavy atom. The zero-order valence-electron chi connectivity index (χ0n) is 15.2. The number of hydrogen-bond acceptors (Lipinski definition) is 5. The molecule has 4 nitrogen and oxygen atoms in total. The molecule has 2 heterocycles. The molecule has 5 rings (SSSR count). The van der Waals surface area contributed by atoms with Crippen molar-refractivity contribution in [3.63, 3.8) is 0 Å². The van der Waals surface area contributed by atoms with Crippen LogP contribution in [-0.4, -0.2) is 22.8 Å². The molecule has 5 heteroatoms. The Kier molecular flexibility index (Phi) is 3.91. The van der Waals surface area contributed by atoms with Crippen LogP contribution in [0.3, 0.4) is 0 Å². The van der Waals surface area contributed by atoms with E-state index in [4.69, 9.17) is 10.1 Å². The van der Waals surface area contributed by atoms with Crippen molar-refractivity contribution < 1.29 is 4.79 Å². The molecule has 3 aromatic carbocycles. The lowest BCUT2D eigenvalue weighted by Gasteiger charge is -2.38. The summed E-state index contributed by atoms with van der Waals surface area (Å²) in [7, 11) is 0. The highest BCUT2D eigenvalue weighted by atomic mass is 32.2. The number of aliphatic imine (C=N–C) groups is 1. The van der Waals surface area contributed by atoms with E-state index in [1.54, 1.807) is 16.8 Å². The molecule has 3 aromatic rings. The predicted molar refractivity (Wildman–Crippen MR) is 115 cm³/mol. The quantitative estimate of drug-likeness (QED) is 0.656. The summed E-state index contributed by atoms with van der Waals surface area (Å²) in [5, 5.41) is 7.44. The van der Waals surface area contributed by atoms with E-state index in [1.165, 1.54) is 0 Å². The SMILES string of the molecule is CSC1=N[C@@]2(c3ccccc3)C(=O)C(c3ccccc3)=NN2c2ccccc21. The zero-order chi connectivity index (χ0) is 19.1.